The molecule has 0 aliphatic rings. The van der Waals surface area contributed by atoms with E-state index in [2.05, 4.69) is 5.32 Å². The lowest BCUT2D eigenvalue weighted by Gasteiger charge is -2.18. The number of benzene rings is 2. The molecule has 0 aliphatic carbocycles. The summed E-state index contributed by atoms with van der Waals surface area (Å²) < 4.78 is 15.9. The molecule has 2 aromatic carbocycles. The fourth-order valence-corrected chi connectivity index (χ4v) is 3.05. The van der Waals surface area contributed by atoms with Gasteiger partial charge in [0.1, 0.15) is 5.75 Å². The smallest absolute Gasteiger partial charge is 0.255 e. The third-order valence-corrected chi connectivity index (χ3v) is 4.60. The molecule has 1 amide bonds. The van der Waals surface area contributed by atoms with Crippen molar-refractivity contribution in [3.8, 4) is 23.0 Å². The number of ether oxygens (including phenoxy) is 3. The van der Waals surface area contributed by atoms with Crippen LogP contribution in [0, 0.1) is 0 Å². The van der Waals surface area contributed by atoms with Gasteiger partial charge in [-0.1, -0.05) is 27.7 Å². The van der Waals surface area contributed by atoms with Gasteiger partial charge in [-0.15, -0.1) is 0 Å². The Bertz CT molecular complexity index is 804. The predicted molar refractivity (Wildman–Crippen MR) is 110 cm³/mol. The lowest BCUT2D eigenvalue weighted by atomic mass is 9.93. The van der Waals surface area contributed by atoms with Crippen LogP contribution in [-0.4, -0.2) is 32.3 Å². The number of carbonyl (C=O) groups is 1. The Kier molecular flexibility index (Phi) is 6.78. The highest BCUT2D eigenvalue weighted by Gasteiger charge is 2.19. The number of rotatable bonds is 7. The van der Waals surface area contributed by atoms with Crippen molar-refractivity contribution in [1.82, 2.24) is 0 Å². The molecule has 152 valence electrons. The second kappa shape index (κ2) is 8.87. The van der Waals surface area contributed by atoms with Gasteiger partial charge in [0.15, 0.2) is 11.5 Å². The Balaban J connectivity index is 2.45. The van der Waals surface area contributed by atoms with Gasteiger partial charge in [-0.05, 0) is 47.2 Å². The molecule has 0 aliphatic heterocycles. The van der Waals surface area contributed by atoms with Crippen LogP contribution in [0.15, 0.2) is 24.3 Å². The maximum absolute atomic E-state index is 12.9. The molecule has 0 heterocycles. The van der Waals surface area contributed by atoms with Gasteiger partial charge in [0.25, 0.3) is 5.91 Å². The van der Waals surface area contributed by atoms with Crippen LogP contribution < -0.4 is 19.5 Å². The zero-order valence-corrected chi connectivity index (χ0v) is 17.5. The van der Waals surface area contributed by atoms with E-state index in [4.69, 9.17) is 14.2 Å². The third kappa shape index (κ3) is 4.32. The minimum Gasteiger partial charge on any atom is -0.507 e. The minimum absolute atomic E-state index is 0.121. The summed E-state index contributed by atoms with van der Waals surface area (Å²) in [6.45, 7) is 8.02. The van der Waals surface area contributed by atoms with E-state index in [1.54, 1.807) is 12.1 Å². The summed E-state index contributed by atoms with van der Waals surface area (Å²) in [7, 11) is 4.52. The topological polar surface area (TPSA) is 77.0 Å². The van der Waals surface area contributed by atoms with Crippen molar-refractivity contribution in [2.24, 2.45) is 0 Å². The van der Waals surface area contributed by atoms with Gasteiger partial charge in [-0.25, -0.2) is 0 Å². The summed E-state index contributed by atoms with van der Waals surface area (Å²) >= 11 is 0. The molecule has 6 nitrogen and oxygen atoms in total. The van der Waals surface area contributed by atoms with Crippen molar-refractivity contribution in [2.75, 3.05) is 26.6 Å². The van der Waals surface area contributed by atoms with Gasteiger partial charge in [-0.2, -0.15) is 0 Å². The highest BCUT2D eigenvalue weighted by molar-refractivity contribution is 6.05. The maximum atomic E-state index is 12.9. The average Bonchev–Trinajstić information content (AvgIpc) is 2.67. The predicted octanol–water partition coefficient (Wildman–Crippen LogP) is 4.92. The molecule has 0 radical (unpaired) electrons. The Morgan fingerprint density at radius 2 is 1.32 bits per heavy atom. The number of anilines is 1. The number of carbonyl (C=O) groups excluding carboxylic acids is 1. The second-order valence-electron chi connectivity index (χ2n) is 7.18. The molecule has 28 heavy (non-hydrogen) atoms. The van der Waals surface area contributed by atoms with Crippen molar-refractivity contribution in [3.63, 3.8) is 0 Å². The van der Waals surface area contributed by atoms with Crippen LogP contribution in [-0.2, 0) is 0 Å². The van der Waals surface area contributed by atoms with Crippen molar-refractivity contribution >= 4 is 11.6 Å². The minimum atomic E-state index is -0.311. The fourth-order valence-electron chi connectivity index (χ4n) is 3.05. The molecule has 0 spiro atoms. The zero-order valence-electron chi connectivity index (χ0n) is 17.5. The number of phenols is 1. The van der Waals surface area contributed by atoms with Crippen LogP contribution in [0.1, 0.15) is 61.0 Å². The number of aromatic hydroxyl groups is 1. The Morgan fingerprint density at radius 1 is 0.857 bits per heavy atom. The van der Waals surface area contributed by atoms with E-state index >= 15 is 0 Å². The normalized spacial score (nSPS) is 10.9. The lowest BCUT2D eigenvalue weighted by Crippen LogP contribution is -2.13. The van der Waals surface area contributed by atoms with E-state index in [1.807, 2.05) is 39.8 Å². The number of nitrogens with one attached hydrogen (secondary N) is 1. The highest BCUT2D eigenvalue weighted by Crippen LogP contribution is 2.39. The van der Waals surface area contributed by atoms with Crippen LogP contribution in [0.5, 0.6) is 23.0 Å². The van der Waals surface area contributed by atoms with Crippen molar-refractivity contribution in [2.45, 2.75) is 39.5 Å². The molecule has 2 N–H and O–H groups in total. The van der Waals surface area contributed by atoms with E-state index in [0.29, 0.717) is 28.5 Å². The van der Waals surface area contributed by atoms with Gasteiger partial charge in [-0.3, -0.25) is 4.79 Å². The van der Waals surface area contributed by atoms with Crippen LogP contribution in [0.3, 0.4) is 0 Å². The monoisotopic (exact) mass is 387 g/mol. The number of amides is 1. The quantitative estimate of drug-likeness (QED) is 0.660. The first-order valence-corrected chi connectivity index (χ1v) is 9.21. The molecule has 0 atom stereocenters. The van der Waals surface area contributed by atoms with E-state index in [0.717, 1.165) is 11.1 Å². The van der Waals surface area contributed by atoms with Crippen LogP contribution >= 0.6 is 0 Å². The summed E-state index contributed by atoms with van der Waals surface area (Å²) in [6.07, 6.45) is 0. The first-order valence-electron chi connectivity index (χ1n) is 9.21. The zero-order chi connectivity index (χ0) is 21.0. The van der Waals surface area contributed by atoms with Crippen molar-refractivity contribution in [1.29, 1.82) is 0 Å². The molecule has 0 saturated heterocycles. The van der Waals surface area contributed by atoms with Crippen LogP contribution in [0.25, 0.3) is 0 Å². The largest absolute Gasteiger partial charge is 0.507 e. The van der Waals surface area contributed by atoms with E-state index in [1.165, 1.54) is 21.3 Å². The first kappa shape index (κ1) is 21.4. The van der Waals surface area contributed by atoms with Crippen LogP contribution in [0.2, 0.25) is 0 Å². The molecular weight excluding hydrogens is 358 g/mol. The van der Waals surface area contributed by atoms with E-state index in [-0.39, 0.29) is 23.5 Å². The van der Waals surface area contributed by atoms with Gasteiger partial charge >= 0.3 is 0 Å². The van der Waals surface area contributed by atoms with Crippen molar-refractivity contribution < 1.29 is 24.1 Å². The van der Waals surface area contributed by atoms with E-state index < -0.39 is 0 Å². The maximum Gasteiger partial charge on any atom is 0.255 e. The Labute approximate surface area is 166 Å². The fraction of sp³-hybridized carbons (Fsp3) is 0.409. The highest BCUT2D eigenvalue weighted by atomic mass is 16.5. The van der Waals surface area contributed by atoms with Gasteiger partial charge < -0.3 is 24.6 Å². The molecule has 0 aromatic heterocycles. The number of hydrogen-bond acceptors (Lipinski definition) is 5. The standard InChI is InChI=1S/C22H29NO5/c1-12(2)16-10-15(11-17(13(3)4)20(16)24)23-22(25)14-8-18(26-5)21(28-7)19(9-14)27-6/h8-13,24H,1-7H3,(H,23,25). The molecule has 0 fully saturated rings. The number of methoxy groups -OCH3 is 3. The number of hydrogen-bond donors (Lipinski definition) is 2. The van der Waals surface area contributed by atoms with E-state index in [9.17, 15) is 9.90 Å². The van der Waals surface area contributed by atoms with Crippen molar-refractivity contribution in [3.05, 3.63) is 41.0 Å². The Hall–Kier alpha value is -2.89. The molecule has 6 heteroatoms. The van der Waals surface area contributed by atoms with Gasteiger partial charge in [0, 0.05) is 11.3 Å². The summed E-state index contributed by atoms with van der Waals surface area (Å²) in [4.78, 5) is 12.9. The molecular formula is C22H29NO5. The summed E-state index contributed by atoms with van der Waals surface area (Å²) in [6, 6.07) is 6.82. The summed E-state index contributed by atoms with van der Waals surface area (Å²) in [5, 5.41) is 13.5. The SMILES string of the molecule is COc1cc(C(=O)Nc2cc(C(C)C)c(O)c(C(C)C)c2)cc(OC)c1OC. The molecule has 0 saturated carbocycles. The molecule has 0 bridgehead atoms. The number of phenolic OH excluding ortho intramolecular Hbond substituents is 1. The lowest BCUT2D eigenvalue weighted by molar-refractivity contribution is 0.102. The van der Waals surface area contributed by atoms with Crippen LogP contribution in [0.4, 0.5) is 5.69 Å². The molecule has 0 unspecified atom stereocenters. The Morgan fingerprint density at radius 3 is 1.68 bits per heavy atom. The first-order chi connectivity index (χ1) is 13.2. The third-order valence-electron chi connectivity index (χ3n) is 4.60. The van der Waals surface area contributed by atoms with Gasteiger partial charge in [0.2, 0.25) is 5.75 Å². The van der Waals surface area contributed by atoms with Gasteiger partial charge in [0.05, 0.1) is 21.3 Å². The second-order valence-corrected chi connectivity index (χ2v) is 7.18. The summed E-state index contributed by atoms with van der Waals surface area (Å²) in [5.41, 5.74) is 2.60. The summed E-state index contributed by atoms with van der Waals surface area (Å²) in [5.74, 6) is 1.46. The molecule has 2 rings (SSSR count). The average molecular weight is 387 g/mol. The molecule has 2 aromatic rings.